The predicted molar refractivity (Wildman–Crippen MR) is 127 cm³/mol. The van der Waals surface area contributed by atoms with Crippen LogP contribution in [-0.4, -0.2) is 30.6 Å². The first-order chi connectivity index (χ1) is 15.1. The lowest BCUT2D eigenvalue weighted by atomic mass is 9.97. The van der Waals surface area contributed by atoms with Gasteiger partial charge in [-0.2, -0.15) is 5.10 Å². The van der Waals surface area contributed by atoms with Crippen LogP contribution in [-0.2, 0) is 5.60 Å². The third-order valence-corrected chi connectivity index (χ3v) is 7.13. The molecular weight excluding hydrogens is 424 g/mol. The number of hydrogen-bond acceptors (Lipinski definition) is 6. The molecule has 0 amide bonds. The molecule has 3 aromatic heterocycles. The van der Waals surface area contributed by atoms with Crippen molar-refractivity contribution in [2.75, 3.05) is 5.75 Å². The van der Waals surface area contributed by atoms with Gasteiger partial charge in [0.1, 0.15) is 0 Å². The maximum Gasteiger partial charge on any atom is 0.188 e. The molecular formula is C24H20N4OS2. The predicted octanol–water partition coefficient (Wildman–Crippen LogP) is 5.54. The van der Waals surface area contributed by atoms with Crippen molar-refractivity contribution in [3.63, 3.8) is 0 Å². The van der Waals surface area contributed by atoms with Gasteiger partial charge in [-0.3, -0.25) is 0 Å². The summed E-state index contributed by atoms with van der Waals surface area (Å²) in [5, 5.41) is 19.4. The highest BCUT2D eigenvalue weighted by Gasteiger charge is 2.25. The van der Waals surface area contributed by atoms with E-state index < -0.39 is 5.60 Å². The third kappa shape index (κ3) is 4.12. The van der Waals surface area contributed by atoms with Gasteiger partial charge in [-0.15, -0.1) is 11.3 Å². The number of aliphatic hydroxyl groups is 1. The summed E-state index contributed by atoms with van der Waals surface area (Å²) in [5.41, 5.74) is 2.73. The molecule has 0 aliphatic carbocycles. The molecule has 1 N–H and O–H groups in total. The number of thiophene rings is 1. The van der Waals surface area contributed by atoms with Gasteiger partial charge >= 0.3 is 0 Å². The van der Waals surface area contributed by atoms with Crippen molar-refractivity contribution in [2.24, 2.45) is 0 Å². The van der Waals surface area contributed by atoms with Crippen molar-refractivity contribution in [2.45, 2.75) is 17.7 Å². The van der Waals surface area contributed by atoms with Crippen molar-refractivity contribution >= 4 is 34.0 Å². The van der Waals surface area contributed by atoms with E-state index in [0.29, 0.717) is 10.9 Å². The fraction of sp³-hybridized carbons (Fsp3) is 0.125. The monoisotopic (exact) mass is 444 g/mol. The number of fused-ring (bicyclic) bond motifs is 1. The van der Waals surface area contributed by atoms with E-state index in [1.807, 2.05) is 89.9 Å². The maximum absolute atomic E-state index is 11.2. The van der Waals surface area contributed by atoms with E-state index in [1.54, 1.807) is 17.5 Å². The van der Waals surface area contributed by atoms with Crippen LogP contribution in [0.4, 0.5) is 0 Å². The number of aromatic nitrogens is 4. The number of benzene rings is 2. The number of hydrogen-bond donors (Lipinski definition) is 1. The average Bonchev–Trinajstić information content (AvgIpc) is 3.48. The molecule has 0 bridgehead atoms. The molecule has 0 aliphatic rings. The van der Waals surface area contributed by atoms with Crippen molar-refractivity contribution in [1.29, 1.82) is 0 Å². The Morgan fingerprint density at radius 3 is 2.74 bits per heavy atom. The first-order valence-corrected chi connectivity index (χ1v) is 11.7. The lowest BCUT2D eigenvalue weighted by molar-refractivity contribution is 0.0840. The Labute approximate surface area is 188 Å². The molecule has 0 radical (unpaired) electrons. The summed E-state index contributed by atoms with van der Waals surface area (Å²) in [4.78, 5) is 10.1. The molecule has 154 valence electrons. The maximum atomic E-state index is 11.2. The molecule has 1 unspecified atom stereocenters. The SMILES string of the molecule is CC(O)(CSc1nccc(-c2cccs2)n1)c1ccc2c(cnn2-c2ccccc2)c1. The largest absolute Gasteiger partial charge is 0.385 e. The molecule has 1 atom stereocenters. The van der Waals surface area contributed by atoms with Gasteiger partial charge in [0.15, 0.2) is 5.16 Å². The summed E-state index contributed by atoms with van der Waals surface area (Å²) in [7, 11) is 0. The quantitative estimate of drug-likeness (QED) is 0.275. The van der Waals surface area contributed by atoms with Crippen LogP contribution in [0.25, 0.3) is 27.2 Å². The van der Waals surface area contributed by atoms with Crippen LogP contribution in [0.5, 0.6) is 0 Å². The molecule has 0 saturated heterocycles. The minimum Gasteiger partial charge on any atom is -0.385 e. The van der Waals surface area contributed by atoms with Gasteiger partial charge in [0.25, 0.3) is 0 Å². The second-order valence-electron chi connectivity index (χ2n) is 7.43. The van der Waals surface area contributed by atoms with E-state index in [9.17, 15) is 5.11 Å². The normalized spacial score (nSPS) is 13.4. The zero-order valence-corrected chi connectivity index (χ0v) is 18.5. The van der Waals surface area contributed by atoms with Crippen LogP contribution in [0.15, 0.2) is 89.7 Å². The molecule has 7 heteroatoms. The third-order valence-electron chi connectivity index (χ3n) is 5.08. The van der Waals surface area contributed by atoms with E-state index in [1.165, 1.54) is 11.8 Å². The Morgan fingerprint density at radius 1 is 1.06 bits per heavy atom. The Hall–Kier alpha value is -3.00. The van der Waals surface area contributed by atoms with Gasteiger partial charge in [-0.25, -0.2) is 14.6 Å². The molecule has 0 saturated carbocycles. The van der Waals surface area contributed by atoms with Gasteiger partial charge in [-0.05, 0) is 54.3 Å². The summed E-state index contributed by atoms with van der Waals surface area (Å²) in [6, 6.07) is 22.0. The molecule has 0 aliphatic heterocycles. The Balaban J connectivity index is 1.36. The van der Waals surface area contributed by atoms with Crippen LogP contribution in [0.3, 0.4) is 0 Å². The summed E-state index contributed by atoms with van der Waals surface area (Å²) in [6.07, 6.45) is 3.60. The Morgan fingerprint density at radius 2 is 1.94 bits per heavy atom. The molecule has 5 aromatic rings. The van der Waals surface area contributed by atoms with Crippen LogP contribution in [0, 0.1) is 0 Å². The van der Waals surface area contributed by atoms with Crippen molar-refractivity contribution in [3.05, 3.63) is 90.1 Å². The van der Waals surface area contributed by atoms with Gasteiger partial charge in [0, 0.05) is 17.3 Å². The van der Waals surface area contributed by atoms with E-state index in [0.717, 1.165) is 32.7 Å². The molecule has 0 fully saturated rings. The van der Waals surface area contributed by atoms with E-state index in [-0.39, 0.29) is 0 Å². The van der Waals surface area contributed by atoms with Crippen LogP contribution in [0.2, 0.25) is 0 Å². The Bertz CT molecular complexity index is 1310. The van der Waals surface area contributed by atoms with Crippen molar-refractivity contribution < 1.29 is 5.11 Å². The van der Waals surface area contributed by atoms with Crippen LogP contribution < -0.4 is 0 Å². The highest BCUT2D eigenvalue weighted by molar-refractivity contribution is 7.99. The summed E-state index contributed by atoms with van der Waals surface area (Å²) in [6.45, 7) is 1.83. The minimum absolute atomic E-state index is 0.444. The standard InChI is InChI=1S/C24H20N4OS2/c1-24(29,16-31-23-25-12-11-20(27-23)22-8-5-13-30-22)18-9-10-21-17(14-18)15-26-28(21)19-6-3-2-4-7-19/h2-15,29H,16H2,1H3. The van der Waals surface area contributed by atoms with Crippen molar-refractivity contribution in [1.82, 2.24) is 19.7 Å². The number of para-hydroxylation sites is 1. The first kappa shape index (κ1) is 19.9. The number of rotatable bonds is 6. The Kier molecular flexibility index (Phi) is 5.31. The van der Waals surface area contributed by atoms with Gasteiger partial charge in [0.2, 0.25) is 0 Å². The minimum atomic E-state index is -1.03. The number of nitrogens with zero attached hydrogens (tertiary/aromatic N) is 4. The zero-order valence-electron chi connectivity index (χ0n) is 16.8. The lowest BCUT2D eigenvalue weighted by Crippen LogP contribution is -2.24. The summed E-state index contributed by atoms with van der Waals surface area (Å²) in [5.74, 6) is 0.444. The number of thioether (sulfide) groups is 1. The van der Waals surface area contributed by atoms with E-state index in [2.05, 4.69) is 15.1 Å². The second-order valence-corrected chi connectivity index (χ2v) is 9.32. The average molecular weight is 445 g/mol. The van der Waals surface area contributed by atoms with Crippen LogP contribution in [0.1, 0.15) is 12.5 Å². The van der Waals surface area contributed by atoms with Crippen LogP contribution >= 0.6 is 23.1 Å². The van der Waals surface area contributed by atoms with E-state index in [4.69, 9.17) is 0 Å². The van der Waals surface area contributed by atoms with Gasteiger partial charge in [0.05, 0.1) is 33.6 Å². The smallest absolute Gasteiger partial charge is 0.188 e. The van der Waals surface area contributed by atoms with Gasteiger partial charge in [-0.1, -0.05) is 42.1 Å². The fourth-order valence-electron chi connectivity index (χ4n) is 3.40. The van der Waals surface area contributed by atoms with Crippen molar-refractivity contribution in [3.8, 4) is 16.3 Å². The highest BCUT2D eigenvalue weighted by Crippen LogP contribution is 2.31. The highest BCUT2D eigenvalue weighted by atomic mass is 32.2. The van der Waals surface area contributed by atoms with E-state index >= 15 is 0 Å². The topological polar surface area (TPSA) is 63.8 Å². The van der Waals surface area contributed by atoms with Gasteiger partial charge < -0.3 is 5.11 Å². The summed E-state index contributed by atoms with van der Waals surface area (Å²) >= 11 is 3.10. The lowest BCUT2D eigenvalue weighted by Gasteiger charge is -2.23. The first-order valence-electron chi connectivity index (χ1n) is 9.86. The second kappa shape index (κ2) is 8.26. The molecule has 2 aromatic carbocycles. The molecule has 5 nitrogen and oxygen atoms in total. The molecule has 31 heavy (non-hydrogen) atoms. The molecule has 3 heterocycles. The zero-order chi connectivity index (χ0) is 21.3. The molecule has 5 rings (SSSR count). The fourth-order valence-corrected chi connectivity index (χ4v) is 4.97. The summed E-state index contributed by atoms with van der Waals surface area (Å²) < 4.78 is 1.91. The molecule has 0 spiro atoms.